The number of nitrogens with zero attached hydrogens (tertiary/aromatic N) is 1. The normalized spacial score (nSPS) is 10.2. The van der Waals surface area contributed by atoms with Gasteiger partial charge in [0.05, 0.1) is 12.0 Å². The number of methoxy groups -OCH3 is 1. The minimum absolute atomic E-state index is 0.176. The molecule has 4 nitrogen and oxygen atoms in total. The van der Waals surface area contributed by atoms with Gasteiger partial charge in [0, 0.05) is 19.7 Å². The van der Waals surface area contributed by atoms with Crippen LogP contribution in [0.5, 0.6) is 0 Å². The summed E-state index contributed by atoms with van der Waals surface area (Å²) in [6.07, 6.45) is 2.98. The van der Waals surface area contributed by atoms with Crippen molar-refractivity contribution in [3.8, 4) is 10.4 Å². The first kappa shape index (κ1) is 13.5. The van der Waals surface area contributed by atoms with Gasteiger partial charge in [0.2, 0.25) is 0 Å². The van der Waals surface area contributed by atoms with Gasteiger partial charge in [0.25, 0.3) is 0 Å². The molecule has 0 aliphatic carbocycles. The third-order valence-electron chi connectivity index (χ3n) is 2.80. The van der Waals surface area contributed by atoms with Crippen LogP contribution in [0.25, 0.3) is 10.4 Å². The molecule has 2 aromatic rings. The number of benzene rings is 1. The van der Waals surface area contributed by atoms with Crippen molar-refractivity contribution in [2.75, 3.05) is 19.5 Å². The van der Waals surface area contributed by atoms with Crippen molar-refractivity contribution in [2.45, 2.75) is 12.8 Å². The highest BCUT2D eigenvalue weighted by Gasteiger charge is 2.05. The molecule has 0 atom stereocenters. The molecule has 19 heavy (non-hydrogen) atoms. The Hall–Kier alpha value is -1.88. The van der Waals surface area contributed by atoms with Crippen molar-refractivity contribution in [1.29, 1.82) is 0 Å². The van der Waals surface area contributed by atoms with Crippen LogP contribution in [0, 0.1) is 0 Å². The number of esters is 1. The molecule has 2 rings (SSSR count). The number of anilines is 1. The number of rotatable bonds is 5. The van der Waals surface area contributed by atoms with E-state index in [0.29, 0.717) is 12.8 Å². The maximum atomic E-state index is 11.1. The van der Waals surface area contributed by atoms with Crippen molar-refractivity contribution in [2.24, 2.45) is 0 Å². The SMILES string of the molecule is CNc1ncc(-c2ccc(CCC(=O)OC)cc2)s1. The Morgan fingerprint density at radius 2 is 2.11 bits per heavy atom. The largest absolute Gasteiger partial charge is 0.469 e. The molecule has 0 fully saturated rings. The van der Waals surface area contributed by atoms with Gasteiger partial charge in [0.15, 0.2) is 5.13 Å². The van der Waals surface area contributed by atoms with E-state index >= 15 is 0 Å². The Bertz CT molecular complexity index is 549. The quantitative estimate of drug-likeness (QED) is 0.853. The molecule has 5 heteroatoms. The standard InChI is InChI=1S/C14H16N2O2S/c1-15-14-16-9-12(19-14)11-6-3-10(4-7-11)5-8-13(17)18-2/h3-4,6-7,9H,5,8H2,1-2H3,(H,15,16). The van der Waals surface area contributed by atoms with Gasteiger partial charge in [-0.2, -0.15) is 0 Å². The molecule has 1 N–H and O–H groups in total. The summed E-state index contributed by atoms with van der Waals surface area (Å²) in [5.41, 5.74) is 2.27. The van der Waals surface area contributed by atoms with Gasteiger partial charge < -0.3 is 10.1 Å². The van der Waals surface area contributed by atoms with E-state index < -0.39 is 0 Å². The minimum atomic E-state index is -0.176. The zero-order valence-corrected chi connectivity index (χ0v) is 11.8. The molecular formula is C14H16N2O2S. The topological polar surface area (TPSA) is 51.2 Å². The van der Waals surface area contributed by atoms with E-state index in [4.69, 9.17) is 0 Å². The number of hydrogen-bond acceptors (Lipinski definition) is 5. The average molecular weight is 276 g/mol. The van der Waals surface area contributed by atoms with E-state index in [-0.39, 0.29) is 5.97 Å². The first-order chi connectivity index (χ1) is 9.22. The van der Waals surface area contributed by atoms with Crippen LogP contribution in [0.2, 0.25) is 0 Å². The smallest absolute Gasteiger partial charge is 0.305 e. The predicted molar refractivity (Wildman–Crippen MR) is 77.4 cm³/mol. The van der Waals surface area contributed by atoms with Gasteiger partial charge in [0.1, 0.15) is 0 Å². The van der Waals surface area contributed by atoms with Crippen molar-refractivity contribution in [3.05, 3.63) is 36.0 Å². The van der Waals surface area contributed by atoms with E-state index in [9.17, 15) is 4.79 Å². The van der Waals surface area contributed by atoms with Crippen LogP contribution in [0.4, 0.5) is 5.13 Å². The second-order valence-corrected chi connectivity index (χ2v) is 5.08. The summed E-state index contributed by atoms with van der Waals surface area (Å²) in [7, 11) is 3.27. The number of aryl methyl sites for hydroxylation is 1. The van der Waals surface area contributed by atoms with Crippen LogP contribution >= 0.6 is 11.3 Å². The van der Waals surface area contributed by atoms with Crippen LogP contribution in [-0.4, -0.2) is 25.1 Å². The lowest BCUT2D eigenvalue weighted by molar-refractivity contribution is -0.140. The molecule has 1 aromatic carbocycles. The first-order valence-electron chi connectivity index (χ1n) is 6.02. The highest BCUT2D eigenvalue weighted by molar-refractivity contribution is 7.18. The zero-order chi connectivity index (χ0) is 13.7. The van der Waals surface area contributed by atoms with Crippen LogP contribution < -0.4 is 5.32 Å². The lowest BCUT2D eigenvalue weighted by Gasteiger charge is -2.02. The molecule has 1 aromatic heterocycles. The molecule has 0 spiro atoms. The number of ether oxygens (including phenoxy) is 1. The summed E-state index contributed by atoms with van der Waals surface area (Å²) in [6, 6.07) is 8.19. The van der Waals surface area contributed by atoms with Gasteiger partial charge >= 0.3 is 5.97 Å². The highest BCUT2D eigenvalue weighted by Crippen LogP contribution is 2.28. The fourth-order valence-electron chi connectivity index (χ4n) is 1.71. The van der Waals surface area contributed by atoms with E-state index in [2.05, 4.69) is 27.2 Å². The maximum Gasteiger partial charge on any atom is 0.305 e. The summed E-state index contributed by atoms with van der Waals surface area (Å²) in [5.74, 6) is -0.176. The lowest BCUT2D eigenvalue weighted by Crippen LogP contribution is -2.01. The average Bonchev–Trinajstić information content (AvgIpc) is 2.94. The number of aromatic nitrogens is 1. The summed E-state index contributed by atoms with van der Waals surface area (Å²) in [6.45, 7) is 0. The zero-order valence-electron chi connectivity index (χ0n) is 11.0. The third kappa shape index (κ3) is 3.54. The molecule has 0 radical (unpaired) electrons. The minimum Gasteiger partial charge on any atom is -0.469 e. The second-order valence-electron chi connectivity index (χ2n) is 4.05. The Labute approximate surface area is 116 Å². The molecule has 0 aliphatic heterocycles. The van der Waals surface area contributed by atoms with Gasteiger partial charge in [-0.3, -0.25) is 4.79 Å². The Morgan fingerprint density at radius 3 is 2.68 bits per heavy atom. The monoisotopic (exact) mass is 276 g/mol. The van der Waals surface area contributed by atoms with Crippen molar-refractivity contribution in [1.82, 2.24) is 4.98 Å². The van der Waals surface area contributed by atoms with E-state index in [0.717, 1.165) is 21.1 Å². The number of carbonyl (C=O) groups is 1. The summed E-state index contributed by atoms with van der Waals surface area (Å²) in [5, 5.41) is 3.93. The molecule has 0 saturated carbocycles. The van der Waals surface area contributed by atoms with Crippen molar-refractivity contribution >= 4 is 22.4 Å². The Morgan fingerprint density at radius 1 is 1.37 bits per heavy atom. The predicted octanol–water partition coefficient (Wildman–Crippen LogP) is 2.96. The van der Waals surface area contributed by atoms with E-state index in [1.807, 2.05) is 25.4 Å². The number of nitrogens with one attached hydrogen (secondary N) is 1. The molecule has 0 aliphatic rings. The molecular weight excluding hydrogens is 260 g/mol. The Balaban J connectivity index is 2.03. The van der Waals surface area contributed by atoms with Gasteiger partial charge in [-0.1, -0.05) is 35.6 Å². The van der Waals surface area contributed by atoms with Crippen molar-refractivity contribution in [3.63, 3.8) is 0 Å². The molecule has 0 saturated heterocycles. The number of hydrogen-bond donors (Lipinski definition) is 1. The van der Waals surface area contributed by atoms with Gasteiger partial charge in [-0.15, -0.1) is 0 Å². The second kappa shape index (κ2) is 6.33. The molecule has 0 amide bonds. The first-order valence-corrected chi connectivity index (χ1v) is 6.84. The molecule has 100 valence electrons. The number of thiazole rings is 1. The highest BCUT2D eigenvalue weighted by atomic mass is 32.1. The summed E-state index contributed by atoms with van der Waals surface area (Å²) < 4.78 is 4.63. The maximum absolute atomic E-state index is 11.1. The fourth-order valence-corrected chi connectivity index (χ4v) is 2.48. The molecule has 1 heterocycles. The van der Waals surface area contributed by atoms with Crippen LogP contribution in [-0.2, 0) is 16.0 Å². The molecule has 0 bridgehead atoms. The lowest BCUT2D eigenvalue weighted by atomic mass is 10.1. The number of carbonyl (C=O) groups excluding carboxylic acids is 1. The summed E-state index contributed by atoms with van der Waals surface area (Å²) >= 11 is 1.62. The third-order valence-corrected chi connectivity index (χ3v) is 3.87. The van der Waals surface area contributed by atoms with Crippen molar-refractivity contribution < 1.29 is 9.53 Å². The molecule has 0 unspecified atom stereocenters. The van der Waals surface area contributed by atoms with Gasteiger partial charge in [-0.25, -0.2) is 4.98 Å². The summed E-state index contributed by atoms with van der Waals surface area (Å²) in [4.78, 5) is 16.5. The van der Waals surface area contributed by atoms with Gasteiger partial charge in [-0.05, 0) is 17.5 Å². The van der Waals surface area contributed by atoms with Crippen LogP contribution in [0.15, 0.2) is 30.5 Å². The van der Waals surface area contributed by atoms with E-state index in [1.165, 1.54) is 7.11 Å². The Kier molecular flexibility index (Phi) is 4.52. The van der Waals surface area contributed by atoms with E-state index in [1.54, 1.807) is 11.3 Å². The van der Waals surface area contributed by atoms with Crippen LogP contribution in [0.1, 0.15) is 12.0 Å². The fraction of sp³-hybridized carbons (Fsp3) is 0.286. The van der Waals surface area contributed by atoms with Crippen LogP contribution in [0.3, 0.4) is 0 Å².